The molecule has 5 nitrogen and oxygen atoms in total. The van der Waals surface area contributed by atoms with Crippen molar-refractivity contribution in [1.29, 1.82) is 0 Å². The van der Waals surface area contributed by atoms with E-state index in [9.17, 15) is 9.59 Å². The van der Waals surface area contributed by atoms with E-state index < -0.39 is 0 Å². The number of hydrogen-bond acceptors (Lipinski definition) is 3. The predicted molar refractivity (Wildman–Crippen MR) is 91.0 cm³/mol. The van der Waals surface area contributed by atoms with Gasteiger partial charge < -0.3 is 10.6 Å². The highest BCUT2D eigenvalue weighted by Crippen LogP contribution is 2.17. The number of aryl methyl sites for hydroxylation is 1. The third kappa shape index (κ3) is 4.53. The lowest BCUT2D eigenvalue weighted by Crippen LogP contribution is -2.24. The Labute approximate surface area is 140 Å². The lowest BCUT2D eigenvalue weighted by Gasteiger charge is -2.09. The molecule has 2 aromatic rings. The standard InChI is InChI=1S/C17H18ClN3O2/c1-3-7-19-16(22)12-5-4-6-13(9-12)17(23)21-15-11(2)8-14(18)10-20-15/h4-6,8-10H,3,7H2,1-2H3,(H,19,22)(H,20,21,23). The molecule has 0 bridgehead atoms. The lowest BCUT2D eigenvalue weighted by atomic mass is 10.1. The van der Waals surface area contributed by atoms with Crippen LogP contribution in [-0.4, -0.2) is 23.3 Å². The molecular weight excluding hydrogens is 314 g/mol. The molecular formula is C17H18ClN3O2. The highest BCUT2D eigenvalue weighted by molar-refractivity contribution is 6.30. The van der Waals surface area contributed by atoms with Crippen LogP contribution in [0.1, 0.15) is 39.6 Å². The third-order valence-corrected chi connectivity index (χ3v) is 3.41. The lowest BCUT2D eigenvalue weighted by molar-refractivity contribution is 0.0953. The first-order valence-electron chi connectivity index (χ1n) is 7.33. The highest BCUT2D eigenvalue weighted by Gasteiger charge is 2.12. The van der Waals surface area contributed by atoms with Crippen LogP contribution in [0.25, 0.3) is 0 Å². The number of nitrogens with zero attached hydrogens (tertiary/aromatic N) is 1. The molecule has 0 spiro atoms. The molecule has 6 heteroatoms. The Balaban J connectivity index is 2.15. The molecule has 0 saturated carbocycles. The van der Waals surface area contributed by atoms with E-state index in [-0.39, 0.29) is 11.8 Å². The second kappa shape index (κ2) is 7.74. The molecule has 1 aromatic carbocycles. The fourth-order valence-electron chi connectivity index (χ4n) is 1.99. The topological polar surface area (TPSA) is 71.1 Å². The Bertz CT molecular complexity index is 732. The summed E-state index contributed by atoms with van der Waals surface area (Å²) in [4.78, 5) is 28.4. The molecule has 1 heterocycles. The van der Waals surface area contributed by atoms with E-state index in [2.05, 4.69) is 15.6 Å². The van der Waals surface area contributed by atoms with Crippen LogP contribution in [0, 0.1) is 6.92 Å². The largest absolute Gasteiger partial charge is 0.352 e. The zero-order valence-corrected chi connectivity index (χ0v) is 13.8. The van der Waals surface area contributed by atoms with Crippen molar-refractivity contribution >= 4 is 29.2 Å². The fraction of sp³-hybridized carbons (Fsp3) is 0.235. The summed E-state index contributed by atoms with van der Waals surface area (Å²) in [5, 5.41) is 6.01. The fourth-order valence-corrected chi connectivity index (χ4v) is 2.21. The van der Waals surface area contributed by atoms with E-state index in [0.717, 1.165) is 12.0 Å². The van der Waals surface area contributed by atoms with Gasteiger partial charge in [0.05, 0.1) is 5.02 Å². The summed E-state index contributed by atoms with van der Waals surface area (Å²) < 4.78 is 0. The number of halogens is 1. The normalized spacial score (nSPS) is 10.2. The molecule has 0 aliphatic carbocycles. The first-order valence-corrected chi connectivity index (χ1v) is 7.71. The van der Waals surface area contributed by atoms with Crippen LogP contribution in [-0.2, 0) is 0 Å². The van der Waals surface area contributed by atoms with Crippen LogP contribution in [0.3, 0.4) is 0 Å². The number of carbonyl (C=O) groups is 2. The van der Waals surface area contributed by atoms with Gasteiger partial charge in [0.25, 0.3) is 11.8 Å². The van der Waals surface area contributed by atoms with Gasteiger partial charge in [0.1, 0.15) is 5.82 Å². The van der Waals surface area contributed by atoms with Gasteiger partial charge in [0, 0.05) is 23.9 Å². The van der Waals surface area contributed by atoms with E-state index in [1.807, 2.05) is 13.8 Å². The molecule has 1 aromatic heterocycles. The number of aromatic nitrogens is 1. The van der Waals surface area contributed by atoms with Crippen LogP contribution in [0.5, 0.6) is 0 Å². The van der Waals surface area contributed by atoms with Crippen molar-refractivity contribution in [2.75, 3.05) is 11.9 Å². The molecule has 0 unspecified atom stereocenters. The minimum atomic E-state index is -0.326. The summed E-state index contributed by atoms with van der Waals surface area (Å²) >= 11 is 5.85. The van der Waals surface area contributed by atoms with Gasteiger partial charge in [-0.1, -0.05) is 24.6 Å². The number of rotatable bonds is 5. The highest BCUT2D eigenvalue weighted by atomic mass is 35.5. The first kappa shape index (κ1) is 17.0. The maximum Gasteiger partial charge on any atom is 0.256 e. The minimum absolute atomic E-state index is 0.192. The van der Waals surface area contributed by atoms with Gasteiger partial charge >= 0.3 is 0 Å². The minimum Gasteiger partial charge on any atom is -0.352 e. The van der Waals surface area contributed by atoms with Gasteiger partial charge in [-0.05, 0) is 43.2 Å². The monoisotopic (exact) mass is 331 g/mol. The smallest absolute Gasteiger partial charge is 0.256 e. The number of hydrogen-bond donors (Lipinski definition) is 2. The number of amides is 2. The van der Waals surface area contributed by atoms with E-state index in [0.29, 0.717) is 28.5 Å². The number of nitrogens with one attached hydrogen (secondary N) is 2. The predicted octanol–water partition coefficient (Wildman–Crippen LogP) is 3.44. The number of carbonyl (C=O) groups excluding carboxylic acids is 2. The zero-order valence-electron chi connectivity index (χ0n) is 13.0. The molecule has 0 aliphatic rings. The van der Waals surface area contributed by atoms with Gasteiger partial charge in [0.2, 0.25) is 0 Å². The molecule has 2 amide bonds. The number of anilines is 1. The summed E-state index contributed by atoms with van der Waals surface area (Å²) in [6.07, 6.45) is 2.33. The molecule has 120 valence electrons. The Morgan fingerprint density at radius 3 is 2.52 bits per heavy atom. The van der Waals surface area contributed by atoms with Crippen LogP contribution < -0.4 is 10.6 Å². The van der Waals surface area contributed by atoms with E-state index in [1.165, 1.54) is 6.20 Å². The van der Waals surface area contributed by atoms with Gasteiger partial charge in [0.15, 0.2) is 0 Å². The van der Waals surface area contributed by atoms with Crippen LogP contribution in [0.15, 0.2) is 36.5 Å². The maximum atomic E-state index is 12.3. The van der Waals surface area contributed by atoms with Crippen molar-refractivity contribution < 1.29 is 9.59 Å². The Morgan fingerprint density at radius 2 is 1.87 bits per heavy atom. The number of pyridine rings is 1. The van der Waals surface area contributed by atoms with Crippen molar-refractivity contribution in [3.63, 3.8) is 0 Å². The van der Waals surface area contributed by atoms with E-state index in [1.54, 1.807) is 30.3 Å². The van der Waals surface area contributed by atoms with Crippen LogP contribution in [0.2, 0.25) is 5.02 Å². The van der Waals surface area contributed by atoms with Crippen molar-refractivity contribution in [3.05, 3.63) is 58.2 Å². The molecule has 2 rings (SSSR count). The SMILES string of the molecule is CCCNC(=O)c1cccc(C(=O)Nc2ncc(Cl)cc2C)c1. The van der Waals surface area contributed by atoms with E-state index in [4.69, 9.17) is 11.6 Å². The third-order valence-electron chi connectivity index (χ3n) is 3.20. The van der Waals surface area contributed by atoms with Crippen LogP contribution >= 0.6 is 11.6 Å². The van der Waals surface area contributed by atoms with Crippen molar-refractivity contribution in [2.24, 2.45) is 0 Å². The average molecular weight is 332 g/mol. The molecule has 0 fully saturated rings. The summed E-state index contributed by atoms with van der Waals surface area (Å²) in [6, 6.07) is 8.28. The Hall–Kier alpha value is -2.40. The van der Waals surface area contributed by atoms with Crippen LogP contribution in [0.4, 0.5) is 5.82 Å². The summed E-state index contributed by atoms with van der Waals surface area (Å²) in [5.74, 6) is -0.0735. The molecule has 0 aliphatic heterocycles. The Kier molecular flexibility index (Phi) is 5.71. The zero-order chi connectivity index (χ0) is 16.8. The average Bonchev–Trinajstić information content (AvgIpc) is 2.55. The summed E-state index contributed by atoms with van der Waals surface area (Å²) in [5.41, 5.74) is 1.61. The molecule has 23 heavy (non-hydrogen) atoms. The van der Waals surface area contributed by atoms with E-state index >= 15 is 0 Å². The first-order chi connectivity index (χ1) is 11.0. The second-order valence-corrected chi connectivity index (χ2v) is 5.55. The maximum absolute atomic E-state index is 12.3. The van der Waals surface area contributed by atoms with Crippen molar-refractivity contribution in [2.45, 2.75) is 20.3 Å². The molecule has 0 saturated heterocycles. The summed E-state index contributed by atoms with van der Waals surface area (Å²) in [7, 11) is 0. The van der Waals surface area contributed by atoms with Crippen molar-refractivity contribution in [3.8, 4) is 0 Å². The van der Waals surface area contributed by atoms with Gasteiger partial charge in [-0.3, -0.25) is 9.59 Å². The second-order valence-electron chi connectivity index (χ2n) is 5.11. The van der Waals surface area contributed by atoms with Crippen molar-refractivity contribution in [1.82, 2.24) is 10.3 Å². The van der Waals surface area contributed by atoms with Gasteiger partial charge in [-0.15, -0.1) is 0 Å². The summed E-state index contributed by atoms with van der Waals surface area (Å²) in [6.45, 7) is 4.39. The quantitative estimate of drug-likeness (QED) is 0.881. The van der Waals surface area contributed by atoms with Gasteiger partial charge in [-0.25, -0.2) is 4.98 Å². The molecule has 0 atom stereocenters. The molecule has 0 radical (unpaired) electrons. The van der Waals surface area contributed by atoms with Gasteiger partial charge in [-0.2, -0.15) is 0 Å². The Morgan fingerprint density at radius 1 is 1.17 bits per heavy atom. The number of benzene rings is 1. The molecule has 2 N–H and O–H groups in total.